The first-order chi connectivity index (χ1) is 10.9. The molecule has 1 aromatic heterocycles. The summed E-state index contributed by atoms with van der Waals surface area (Å²) in [5.41, 5.74) is -0.356. The molecular weight excluding hydrogens is 437 g/mol. The standard InChI is InChI=1S/C16H29N5OS.HI/c1-6-12-11-21-13(23-12)7-8-19-15(17-5)20-10-9-18-14(22)16(2,3)4;/h11H,6-10H2,1-5H3,(H,18,22)(H2,17,19,20);1H. The first-order valence-corrected chi connectivity index (χ1v) is 8.85. The minimum atomic E-state index is -0.356. The predicted octanol–water partition coefficient (Wildman–Crippen LogP) is 2.19. The van der Waals surface area contributed by atoms with Crippen LogP contribution in [0.5, 0.6) is 0 Å². The summed E-state index contributed by atoms with van der Waals surface area (Å²) in [6, 6.07) is 0. The number of hydrogen-bond donors (Lipinski definition) is 3. The molecule has 1 rings (SSSR count). The number of aromatic nitrogens is 1. The second-order valence-corrected chi connectivity index (χ2v) is 7.46. The van der Waals surface area contributed by atoms with Gasteiger partial charge in [-0.05, 0) is 6.42 Å². The lowest BCUT2D eigenvalue weighted by atomic mass is 9.96. The van der Waals surface area contributed by atoms with Crippen LogP contribution in [-0.2, 0) is 17.6 Å². The Morgan fingerprint density at radius 1 is 1.21 bits per heavy atom. The monoisotopic (exact) mass is 467 g/mol. The van der Waals surface area contributed by atoms with Gasteiger partial charge < -0.3 is 16.0 Å². The molecule has 0 bridgehead atoms. The van der Waals surface area contributed by atoms with E-state index in [-0.39, 0.29) is 35.3 Å². The number of halogens is 1. The Morgan fingerprint density at radius 2 is 1.83 bits per heavy atom. The van der Waals surface area contributed by atoms with E-state index < -0.39 is 0 Å². The maximum absolute atomic E-state index is 11.7. The van der Waals surface area contributed by atoms with Gasteiger partial charge in [0.2, 0.25) is 5.91 Å². The zero-order valence-electron chi connectivity index (χ0n) is 15.2. The Labute approximate surface area is 166 Å². The van der Waals surface area contributed by atoms with Crippen LogP contribution in [0, 0.1) is 5.41 Å². The Kier molecular flexibility index (Phi) is 11.2. The summed E-state index contributed by atoms with van der Waals surface area (Å²) >= 11 is 1.76. The van der Waals surface area contributed by atoms with Crippen molar-refractivity contribution in [2.45, 2.75) is 40.5 Å². The second kappa shape index (κ2) is 11.6. The molecule has 0 aliphatic rings. The van der Waals surface area contributed by atoms with Gasteiger partial charge in [0.15, 0.2) is 5.96 Å². The summed E-state index contributed by atoms with van der Waals surface area (Å²) < 4.78 is 0. The number of carbonyl (C=O) groups excluding carboxylic acids is 1. The lowest BCUT2D eigenvalue weighted by Gasteiger charge is -2.18. The van der Waals surface area contributed by atoms with Gasteiger partial charge in [-0.1, -0.05) is 27.7 Å². The molecule has 0 aliphatic heterocycles. The van der Waals surface area contributed by atoms with Crippen molar-refractivity contribution in [3.05, 3.63) is 16.1 Å². The Bertz CT molecular complexity index is 525. The lowest BCUT2D eigenvalue weighted by molar-refractivity contribution is -0.128. The Hall–Kier alpha value is -0.900. The molecule has 24 heavy (non-hydrogen) atoms. The molecule has 138 valence electrons. The summed E-state index contributed by atoms with van der Waals surface area (Å²) in [4.78, 5) is 21.6. The third-order valence-electron chi connectivity index (χ3n) is 3.19. The molecule has 3 N–H and O–H groups in total. The number of aryl methyl sites for hydroxylation is 1. The van der Waals surface area contributed by atoms with Gasteiger partial charge in [-0.2, -0.15) is 0 Å². The molecule has 0 spiro atoms. The van der Waals surface area contributed by atoms with E-state index in [0.29, 0.717) is 13.1 Å². The van der Waals surface area contributed by atoms with Crippen LogP contribution in [0.1, 0.15) is 37.6 Å². The van der Waals surface area contributed by atoms with Gasteiger partial charge in [-0.15, -0.1) is 35.3 Å². The van der Waals surface area contributed by atoms with Crippen LogP contribution in [0.25, 0.3) is 0 Å². The fourth-order valence-electron chi connectivity index (χ4n) is 1.76. The van der Waals surface area contributed by atoms with Crippen molar-refractivity contribution in [3.8, 4) is 0 Å². The van der Waals surface area contributed by atoms with Crippen LogP contribution in [0.2, 0.25) is 0 Å². The van der Waals surface area contributed by atoms with E-state index in [9.17, 15) is 4.79 Å². The molecule has 1 heterocycles. The first-order valence-electron chi connectivity index (χ1n) is 8.03. The third kappa shape index (κ3) is 8.81. The van der Waals surface area contributed by atoms with Crippen LogP contribution in [0.3, 0.4) is 0 Å². The van der Waals surface area contributed by atoms with Crippen molar-refractivity contribution >= 4 is 47.2 Å². The van der Waals surface area contributed by atoms with Gasteiger partial charge in [-0.25, -0.2) is 4.98 Å². The summed E-state index contributed by atoms with van der Waals surface area (Å²) in [5, 5.41) is 10.5. The average molecular weight is 467 g/mol. The fraction of sp³-hybridized carbons (Fsp3) is 0.688. The van der Waals surface area contributed by atoms with Crippen molar-refractivity contribution in [1.82, 2.24) is 20.9 Å². The van der Waals surface area contributed by atoms with Crippen molar-refractivity contribution in [3.63, 3.8) is 0 Å². The van der Waals surface area contributed by atoms with Crippen molar-refractivity contribution in [2.75, 3.05) is 26.7 Å². The van der Waals surface area contributed by atoms with Crippen LogP contribution in [0.15, 0.2) is 11.2 Å². The molecule has 0 aliphatic carbocycles. The Balaban J connectivity index is 0.00000529. The number of aliphatic imine (C=N–C) groups is 1. The number of rotatable bonds is 7. The maximum Gasteiger partial charge on any atom is 0.225 e. The van der Waals surface area contributed by atoms with E-state index in [1.807, 2.05) is 27.0 Å². The number of nitrogens with zero attached hydrogens (tertiary/aromatic N) is 2. The van der Waals surface area contributed by atoms with Crippen molar-refractivity contribution < 1.29 is 4.79 Å². The van der Waals surface area contributed by atoms with E-state index in [4.69, 9.17) is 0 Å². The van der Waals surface area contributed by atoms with Gasteiger partial charge >= 0.3 is 0 Å². The minimum absolute atomic E-state index is 0. The van der Waals surface area contributed by atoms with Crippen molar-refractivity contribution in [2.24, 2.45) is 10.4 Å². The number of nitrogens with one attached hydrogen (secondary N) is 3. The van der Waals surface area contributed by atoms with Gasteiger partial charge in [0.05, 0.1) is 5.01 Å². The number of hydrogen-bond acceptors (Lipinski definition) is 4. The van der Waals surface area contributed by atoms with Crippen LogP contribution in [0.4, 0.5) is 0 Å². The van der Waals surface area contributed by atoms with E-state index in [1.54, 1.807) is 18.4 Å². The molecule has 6 nitrogen and oxygen atoms in total. The molecule has 0 saturated carbocycles. The quantitative estimate of drug-likeness (QED) is 0.249. The molecule has 0 radical (unpaired) electrons. The largest absolute Gasteiger partial charge is 0.356 e. The van der Waals surface area contributed by atoms with Crippen molar-refractivity contribution in [1.29, 1.82) is 0 Å². The van der Waals surface area contributed by atoms with E-state index in [0.717, 1.165) is 30.4 Å². The van der Waals surface area contributed by atoms with E-state index in [2.05, 4.69) is 32.9 Å². The minimum Gasteiger partial charge on any atom is -0.356 e. The summed E-state index contributed by atoms with van der Waals surface area (Å²) in [6.07, 6.45) is 3.87. The second-order valence-electron chi connectivity index (χ2n) is 6.26. The summed E-state index contributed by atoms with van der Waals surface area (Å²) in [7, 11) is 1.74. The normalized spacial score (nSPS) is 11.6. The fourth-order valence-corrected chi connectivity index (χ4v) is 2.62. The van der Waals surface area contributed by atoms with Crippen LogP contribution >= 0.6 is 35.3 Å². The lowest BCUT2D eigenvalue weighted by Crippen LogP contribution is -2.43. The van der Waals surface area contributed by atoms with E-state index >= 15 is 0 Å². The summed E-state index contributed by atoms with van der Waals surface area (Å²) in [5.74, 6) is 0.792. The number of carbonyl (C=O) groups is 1. The zero-order valence-corrected chi connectivity index (χ0v) is 18.4. The number of amides is 1. The molecule has 0 unspecified atom stereocenters. The molecule has 1 aromatic rings. The Morgan fingerprint density at radius 3 is 2.38 bits per heavy atom. The molecule has 1 amide bonds. The van der Waals surface area contributed by atoms with Gasteiger partial charge in [-0.3, -0.25) is 9.79 Å². The number of thiazole rings is 1. The maximum atomic E-state index is 11.7. The summed E-state index contributed by atoms with van der Waals surface area (Å²) in [6.45, 7) is 9.84. The van der Waals surface area contributed by atoms with Gasteiger partial charge in [0.25, 0.3) is 0 Å². The average Bonchev–Trinajstić information content (AvgIpc) is 2.96. The predicted molar refractivity (Wildman–Crippen MR) is 112 cm³/mol. The van der Waals surface area contributed by atoms with Crippen LogP contribution in [-0.4, -0.2) is 43.5 Å². The highest BCUT2D eigenvalue weighted by molar-refractivity contribution is 14.0. The van der Waals surface area contributed by atoms with E-state index in [1.165, 1.54) is 4.88 Å². The smallest absolute Gasteiger partial charge is 0.225 e. The highest BCUT2D eigenvalue weighted by Gasteiger charge is 2.20. The molecule has 0 saturated heterocycles. The topological polar surface area (TPSA) is 78.4 Å². The molecule has 0 fully saturated rings. The SMILES string of the molecule is CCc1cnc(CCNC(=NC)NCCNC(=O)C(C)(C)C)s1.I. The number of guanidine groups is 1. The highest BCUT2D eigenvalue weighted by atomic mass is 127. The van der Waals surface area contributed by atoms with Crippen LogP contribution < -0.4 is 16.0 Å². The van der Waals surface area contributed by atoms with Gasteiger partial charge in [0, 0.05) is 49.6 Å². The van der Waals surface area contributed by atoms with Gasteiger partial charge in [0.1, 0.15) is 0 Å². The third-order valence-corrected chi connectivity index (χ3v) is 4.39. The molecule has 8 heteroatoms. The molecular formula is C16H30IN5OS. The first kappa shape index (κ1) is 23.1. The molecule has 0 aromatic carbocycles. The zero-order chi connectivity index (χ0) is 17.3. The highest BCUT2D eigenvalue weighted by Crippen LogP contribution is 2.13. The molecule has 0 atom stereocenters.